The third kappa shape index (κ3) is 25.3. The Bertz CT molecular complexity index is 2780. The number of amides is 8. The SMILES string of the molecule is Cc1ccc(NC(=O)C2CCN(C(=O)OC(C)(C)C)C2)cc1.Cc1ccc(NC(=O)C2CCN(C(=O)OC(C)(C)C)C2)cc1.Cc1ccc(NC(=O)C2CCN(C(=O)[C@@H](C)C(C)C)C2)cc1.Cc1ccc(NC(=O)C2CCN(C(=O)[C@@H](C)C(C)C)C2)cc1.S.S. The van der Waals surface area contributed by atoms with Crippen molar-refractivity contribution in [2.45, 2.75) is 148 Å². The standard InChI is InChI=1S/2C18H26N2O2.2C17H24N2O3.2H2S/c2*1-12(2)14(4)18(22)20-10-9-15(11-20)17(21)19-16-7-5-13(3)6-8-16;2*1-12-5-7-14(8-6-12)18-15(20)13-9-10-19(11-13)16(21)22-17(2,3)4;;/h2*5-8,12,14-15H,9-11H2,1-4H3,(H,19,21);2*5-8,13H,9-11H2,1-4H3,(H,18,20);2*1H2/t2*14-,15?;;;;/m00..../s1. The number of benzene rings is 4. The van der Waals surface area contributed by atoms with Crippen LogP contribution in [-0.4, -0.2) is 131 Å². The van der Waals surface area contributed by atoms with Gasteiger partial charge in [0.15, 0.2) is 0 Å². The molecule has 8 rings (SSSR count). The number of nitrogens with one attached hydrogen (secondary N) is 4. The van der Waals surface area contributed by atoms with Crippen molar-refractivity contribution in [3.63, 3.8) is 0 Å². The number of ether oxygens (including phenoxy) is 2. The molecule has 90 heavy (non-hydrogen) atoms. The summed E-state index contributed by atoms with van der Waals surface area (Å²) < 4.78 is 10.7. The Morgan fingerprint density at radius 2 is 0.567 bits per heavy atom. The number of hydrogen-bond donors (Lipinski definition) is 4. The van der Waals surface area contributed by atoms with Crippen LogP contribution >= 0.6 is 27.0 Å². The highest BCUT2D eigenvalue weighted by Gasteiger charge is 2.37. The largest absolute Gasteiger partial charge is 0.444 e. The first kappa shape index (κ1) is 77.2. The van der Waals surface area contributed by atoms with Crippen LogP contribution in [0.2, 0.25) is 0 Å². The first-order valence-corrected chi connectivity index (χ1v) is 31.3. The number of rotatable bonds is 12. The van der Waals surface area contributed by atoms with Crippen LogP contribution in [0, 0.1) is 75.0 Å². The van der Waals surface area contributed by atoms with Gasteiger partial charge in [-0.15, -0.1) is 0 Å². The number of nitrogens with zero attached hydrogens (tertiary/aromatic N) is 4. The number of likely N-dealkylation sites (tertiary alicyclic amines) is 4. The molecule has 4 aromatic carbocycles. The summed E-state index contributed by atoms with van der Waals surface area (Å²) in [4.78, 5) is 105. The van der Waals surface area contributed by atoms with Gasteiger partial charge in [0.05, 0.1) is 23.7 Å². The number of hydrogen-bond acceptors (Lipinski definition) is 10. The average molecular weight is 1280 g/mol. The van der Waals surface area contributed by atoms with E-state index in [0.717, 1.165) is 46.7 Å². The van der Waals surface area contributed by atoms with Crippen LogP contribution in [0.15, 0.2) is 97.1 Å². The van der Waals surface area contributed by atoms with Gasteiger partial charge >= 0.3 is 12.2 Å². The monoisotopic (exact) mass is 1280 g/mol. The molecular weight excluding hydrogens is 1180 g/mol. The molecule has 496 valence electrons. The molecular formula is C70H104N8O10S2. The van der Waals surface area contributed by atoms with E-state index in [0.29, 0.717) is 77.0 Å². The number of anilines is 4. The normalized spacial score (nSPS) is 18.3. The van der Waals surface area contributed by atoms with Gasteiger partial charge in [-0.3, -0.25) is 28.8 Å². The molecule has 4 aromatic rings. The first-order valence-electron chi connectivity index (χ1n) is 31.3. The summed E-state index contributed by atoms with van der Waals surface area (Å²) in [7, 11) is 0. The third-order valence-corrected chi connectivity index (χ3v) is 16.2. The van der Waals surface area contributed by atoms with Crippen LogP contribution in [0.4, 0.5) is 32.3 Å². The van der Waals surface area contributed by atoms with E-state index in [1.807, 2.05) is 190 Å². The lowest BCUT2D eigenvalue weighted by atomic mass is 9.97. The predicted molar refractivity (Wildman–Crippen MR) is 369 cm³/mol. The van der Waals surface area contributed by atoms with Crippen LogP contribution in [-0.2, 0) is 38.2 Å². The molecule has 4 unspecified atom stereocenters. The number of aryl methyl sites for hydroxylation is 4. The number of carbonyl (C=O) groups is 8. The topological polar surface area (TPSA) is 216 Å². The smallest absolute Gasteiger partial charge is 0.410 e. The van der Waals surface area contributed by atoms with Gasteiger partial charge in [0, 0.05) is 86.9 Å². The maximum absolute atomic E-state index is 12.3. The lowest BCUT2D eigenvalue weighted by Gasteiger charge is -2.24. The molecule has 0 aromatic heterocycles. The minimum atomic E-state index is -0.515. The highest BCUT2D eigenvalue weighted by molar-refractivity contribution is 7.59. The summed E-state index contributed by atoms with van der Waals surface area (Å²) in [5.74, 6) is 0.356. The Labute approximate surface area is 550 Å². The fourth-order valence-electron chi connectivity index (χ4n) is 9.95. The van der Waals surface area contributed by atoms with Crippen LogP contribution in [0.3, 0.4) is 0 Å². The Hall–Kier alpha value is -7.06. The van der Waals surface area contributed by atoms with E-state index in [1.54, 1.807) is 9.80 Å². The van der Waals surface area contributed by atoms with Gasteiger partial charge in [0.2, 0.25) is 35.4 Å². The molecule has 4 aliphatic heterocycles. The van der Waals surface area contributed by atoms with Gasteiger partial charge in [0.25, 0.3) is 0 Å². The van der Waals surface area contributed by atoms with Crippen LogP contribution in [0.1, 0.15) is 131 Å². The maximum Gasteiger partial charge on any atom is 0.410 e. The Morgan fingerprint density at radius 1 is 0.367 bits per heavy atom. The molecule has 4 N–H and O–H groups in total. The summed E-state index contributed by atoms with van der Waals surface area (Å²) in [6, 6.07) is 30.9. The molecule has 20 heteroatoms. The Balaban J connectivity index is 0.000000311. The molecule has 4 aliphatic rings. The fourth-order valence-corrected chi connectivity index (χ4v) is 9.95. The van der Waals surface area contributed by atoms with Crippen LogP contribution in [0.25, 0.3) is 0 Å². The van der Waals surface area contributed by atoms with Gasteiger partial charge in [0.1, 0.15) is 11.2 Å². The van der Waals surface area contributed by atoms with E-state index >= 15 is 0 Å². The maximum atomic E-state index is 12.3. The van der Waals surface area contributed by atoms with Crippen molar-refractivity contribution in [1.29, 1.82) is 0 Å². The van der Waals surface area contributed by atoms with Gasteiger partial charge in [-0.2, -0.15) is 27.0 Å². The van der Waals surface area contributed by atoms with E-state index in [-0.39, 0.29) is 110 Å². The molecule has 0 bridgehead atoms. The van der Waals surface area contributed by atoms with Crippen molar-refractivity contribution in [3.8, 4) is 0 Å². The van der Waals surface area contributed by atoms with Crippen molar-refractivity contribution in [2.24, 2.45) is 47.3 Å². The zero-order valence-electron chi connectivity index (χ0n) is 56.2. The average Bonchev–Trinajstić information content (AvgIpc) is 3.07. The molecule has 4 heterocycles. The van der Waals surface area contributed by atoms with E-state index in [4.69, 9.17) is 9.47 Å². The second-order valence-electron chi connectivity index (χ2n) is 26.9. The van der Waals surface area contributed by atoms with Gasteiger partial charge < -0.3 is 50.3 Å². The van der Waals surface area contributed by atoms with Crippen molar-refractivity contribution in [2.75, 3.05) is 73.6 Å². The Morgan fingerprint density at radius 3 is 0.767 bits per heavy atom. The predicted octanol–water partition coefficient (Wildman–Crippen LogP) is 12.8. The molecule has 4 fully saturated rings. The second kappa shape index (κ2) is 35.5. The van der Waals surface area contributed by atoms with Crippen LogP contribution in [0.5, 0.6) is 0 Å². The van der Waals surface area contributed by atoms with Gasteiger partial charge in [-0.25, -0.2) is 9.59 Å². The quantitative estimate of drug-likeness (QED) is 0.105. The van der Waals surface area contributed by atoms with E-state index in [9.17, 15) is 38.4 Å². The van der Waals surface area contributed by atoms with Crippen molar-refractivity contribution < 1.29 is 47.8 Å². The zero-order chi connectivity index (χ0) is 65.2. The first-order chi connectivity index (χ1) is 41.2. The summed E-state index contributed by atoms with van der Waals surface area (Å²) >= 11 is 0. The van der Waals surface area contributed by atoms with Crippen LogP contribution < -0.4 is 21.3 Å². The van der Waals surface area contributed by atoms with Gasteiger partial charge in [-0.1, -0.05) is 112 Å². The zero-order valence-corrected chi connectivity index (χ0v) is 58.2. The van der Waals surface area contributed by atoms with E-state index < -0.39 is 11.2 Å². The van der Waals surface area contributed by atoms with Crippen molar-refractivity contribution in [1.82, 2.24) is 19.6 Å². The minimum absolute atomic E-state index is 0. The summed E-state index contributed by atoms with van der Waals surface area (Å²) in [6.07, 6.45) is 2.12. The van der Waals surface area contributed by atoms with Crippen molar-refractivity contribution in [3.05, 3.63) is 119 Å². The number of carbonyl (C=O) groups excluding carboxylic acids is 8. The third-order valence-electron chi connectivity index (χ3n) is 16.2. The molecule has 0 spiro atoms. The highest BCUT2D eigenvalue weighted by atomic mass is 32.1. The molecule has 0 aliphatic carbocycles. The molecule has 6 atom stereocenters. The highest BCUT2D eigenvalue weighted by Crippen LogP contribution is 2.27. The van der Waals surface area contributed by atoms with E-state index in [2.05, 4.69) is 49.0 Å². The molecule has 0 saturated carbocycles. The molecule has 8 amide bonds. The molecule has 18 nitrogen and oxygen atoms in total. The fraction of sp³-hybridized carbons (Fsp3) is 0.543. The molecule has 4 saturated heterocycles. The lowest BCUT2D eigenvalue weighted by molar-refractivity contribution is -0.136. The molecule has 0 radical (unpaired) electrons. The summed E-state index contributed by atoms with van der Waals surface area (Å²) in [5.41, 5.74) is 6.80. The second-order valence-corrected chi connectivity index (χ2v) is 26.9. The minimum Gasteiger partial charge on any atom is -0.444 e. The summed E-state index contributed by atoms with van der Waals surface area (Å²) in [6.45, 7) is 35.6. The lowest BCUT2D eigenvalue weighted by Crippen LogP contribution is -2.36. The summed E-state index contributed by atoms with van der Waals surface area (Å²) in [5, 5.41) is 11.7. The van der Waals surface area contributed by atoms with E-state index in [1.165, 1.54) is 11.1 Å². The van der Waals surface area contributed by atoms with Gasteiger partial charge in [-0.05, 0) is 155 Å². The van der Waals surface area contributed by atoms with Crippen molar-refractivity contribution >= 4 is 97.4 Å². The Kier molecular flexibility index (Phi) is 30.5.